The Bertz CT molecular complexity index is 634. The second-order valence-electron chi connectivity index (χ2n) is 4.36. The van der Waals surface area contributed by atoms with E-state index < -0.39 is 0 Å². The summed E-state index contributed by atoms with van der Waals surface area (Å²) >= 11 is 0. The van der Waals surface area contributed by atoms with Crippen LogP contribution < -0.4 is 5.32 Å². The number of hydrogen-bond acceptors (Lipinski definition) is 6. The SMILES string of the molecule is c1ccc(Cc2noc(CNCc3ccon3)n2)cc1. The van der Waals surface area contributed by atoms with Crippen LogP contribution in [-0.2, 0) is 19.5 Å². The van der Waals surface area contributed by atoms with E-state index in [-0.39, 0.29) is 0 Å². The third-order valence-electron chi connectivity index (χ3n) is 2.79. The highest BCUT2D eigenvalue weighted by atomic mass is 16.5. The molecular weight excluding hydrogens is 256 g/mol. The number of rotatable bonds is 6. The van der Waals surface area contributed by atoms with Gasteiger partial charge in [-0.3, -0.25) is 0 Å². The Labute approximate surface area is 115 Å². The van der Waals surface area contributed by atoms with Crippen molar-refractivity contribution in [2.75, 3.05) is 0 Å². The highest BCUT2D eigenvalue weighted by molar-refractivity contribution is 5.18. The van der Waals surface area contributed by atoms with E-state index in [2.05, 4.69) is 20.6 Å². The molecule has 0 bridgehead atoms. The first-order valence-corrected chi connectivity index (χ1v) is 6.35. The highest BCUT2D eigenvalue weighted by Gasteiger charge is 2.07. The number of aromatic nitrogens is 3. The molecule has 3 rings (SSSR count). The molecule has 20 heavy (non-hydrogen) atoms. The Balaban J connectivity index is 1.52. The molecule has 3 aromatic rings. The van der Waals surface area contributed by atoms with Crippen molar-refractivity contribution in [3.63, 3.8) is 0 Å². The zero-order valence-corrected chi connectivity index (χ0v) is 10.8. The van der Waals surface area contributed by atoms with Crippen LogP contribution in [0.15, 0.2) is 51.7 Å². The second-order valence-corrected chi connectivity index (χ2v) is 4.36. The minimum Gasteiger partial charge on any atom is -0.364 e. The summed E-state index contributed by atoms with van der Waals surface area (Å²) in [5, 5.41) is 10.9. The van der Waals surface area contributed by atoms with Crippen molar-refractivity contribution in [1.82, 2.24) is 20.6 Å². The largest absolute Gasteiger partial charge is 0.364 e. The number of hydrogen-bond donors (Lipinski definition) is 1. The van der Waals surface area contributed by atoms with Gasteiger partial charge in [-0.05, 0) is 5.56 Å². The van der Waals surface area contributed by atoms with E-state index in [1.165, 1.54) is 0 Å². The van der Waals surface area contributed by atoms with E-state index in [1.54, 1.807) is 6.26 Å². The molecule has 0 aliphatic rings. The highest BCUT2D eigenvalue weighted by Crippen LogP contribution is 2.06. The summed E-state index contributed by atoms with van der Waals surface area (Å²) in [6.07, 6.45) is 2.22. The van der Waals surface area contributed by atoms with Gasteiger partial charge >= 0.3 is 0 Å². The van der Waals surface area contributed by atoms with Crippen molar-refractivity contribution in [1.29, 1.82) is 0 Å². The molecule has 2 heterocycles. The Morgan fingerprint density at radius 3 is 2.70 bits per heavy atom. The van der Waals surface area contributed by atoms with Crippen molar-refractivity contribution in [2.24, 2.45) is 0 Å². The lowest BCUT2D eigenvalue weighted by atomic mass is 10.1. The summed E-state index contributed by atoms with van der Waals surface area (Å²) in [5.41, 5.74) is 2.00. The van der Waals surface area contributed by atoms with E-state index in [0.29, 0.717) is 31.2 Å². The number of nitrogens with zero attached hydrogens (tertiary/aromatic N) is 3. The minimum atomic E-state index is 0.509. The maximum absolute atomic E-state index is 5.19. The van der Waals surface area contributed by atoms with Gasteiger partial charge in [-0.25, -0.2) is 0 Å². The fraction of sp³-hybridized carbons (Fsp3) is 0.214. The summed E-state index contributed by atoms with van der Waals surface area (Å²) in [7, 11) is 0. The maximum Gasteiger partial charge on any atom is 0.240 e. The van der Waals surface area contributed by atoms with Crippen molar-refractivity contribution in [2.45, 2.75) is 19.5 Å². The van der Waals surface area contributed by atoms with Crippen LogP contribution in [0, 0.1) is 0 Å². The predicted octanol–water partition coefficient (Wildman–Crippen LogP) is 1.94. The zero-order chi connectivity index (χ0) is 13.6. The molecule has 102 valence electrons. The van der Waals surface area contributed by atoms with Gasteiger partial charge in [0.2, 0.25) is 5.89 Å². The topological polar surface area (TPSA) is 77.0 Å². The van der Waals surface area contributed by atoms with Crippen LogP contribution in [0.3, 0.4) is 0 Å². The summed E-state index contributed by atoms with van der Waals surface area (Å²) in [6, 6.07) is 11.9. The molecule has 1 N–H and O–H groups in total. The van der Waals surface area contributed by atoms with Crippen molar-refractivity contribution in [3.05, 3.63) is 65.6 Å². The van der Waals surface area contributed by atoms with Gasteiger partial charge in [0.1, 0.15) is 6.26 Å². The Kier molecular flexibility index (Phi) is 3.84. The minimum absolute atomic E-state index is 0.509. The summed E-state index contributed by atoms with van der Waals surface area (Å²) in [6.45, 7) is 1.11. The molecule has 0 saturated carbocycles. The third kappa shape index (κ3) is 3.30. The Morgan fingerprint density at radius 1 is 1.00 bits per heavy atom. The third-order valence-corrected chi connectivity index (χ3v) is 2.79. The van der Waals surface area contributed by atoms with Gasteiger partial charge in [0.25, 0.3) is 0 Å². The number of benzene rings is 1. The van der Waals surface area contributed by atoms with E-state index in [9.17, 15) is 0 Å². The first-order valence-electron chi connectivity index (χ1n) is 6.35. The molecule has 0 atom stereocenters. The molecular formula is C14H14N4O2. The van der Waals surface area contributed by atoms with Crippen LogP contribution in [0.1, 0.15) is 23.0 Å². The zero-order valence-electron chi connectivity index (χ0n) is 10.8. The van der Waals surface area contributed by atoms with Gasteiger partial charge in [-0.1, -0.05) is 40.6 Å². The molecule has 0 radical (unpaired) electrons. The molecule has 0 aliphatic carbocycles. The molecule has 2 aromatic heterocycles. The van der Waals surface area contributed by atoms with Crippen LogP contribution in [0.2, 0.25) is 0 Å². The van der Waals surface area contributed by atoms with Gasteiger partial charge in [0.05, 0.1) is 12.2 Å². The first kappa shape index (κ1) is 12.6. The Morgan fingerprint density at radius 2 is 1.90 bits per heavy atom. The van der Waals surface area contributed by atoms with Crippen LogP contribution in [0.5, 0.6) is 0 Å². The van der Waals surface area contributed by atoms with Gasteiger partial charge in [0, 0.05) is 19.0 Å². The lowest BCUT2D eigenvalue weighted by Crippen LogP contribution is -2.13. The molecule has 0 saturated heterocycles. The fourth-order valence-electron chi connectivity index (χ4n) is 1.84. The average molecular weight is 270 g/mol. The summed E-state index contributed by atoms with van der Waals surface area (Å²) < 4.78 is 9.94. The van der Waals surface area contributed by atoms with Crippen LogP contribution >= 0.6 is 0 Å². The van der Waals surface area contributed by atoms with Crippen LogP contribution in [-0.4, -0.2) is 15.3 Å². The van der Waals surface area contributed by atoms with Gasteiger partial charge in [-0.2, -0.15) is 4.98 Å². The van der Waals surface area contributed by atoms with E-state index in [0.717, 1.165) is 11.3 Å². The summed E-state index contributed by atoms with van der Waals surface area (Å²) in [4.78, 5) is 4.34. The quantitative estimate of drug-likeness (QED) is 0.737. The molecule has 6 nitrogen and oxygen atoms in total. The van der Waals surface area contributed by atoms with Gasteiger partial charge in [-0.15, -0.1) is 0 Å². The van der Waals surface area contributed by atoms with Crippen molar-refractivity contribution < 1.29 is 9.05 Å². The summed E-state index contributed by atoms with van der Waals surface area (Å²) in [5.74, 6) is 1.26. The van der Waals surface area contributed by atoms with E-state index in [4.69, 9.17) is 9.05 Å². The van der Waals surface area contributed by atoms with Crippen LogP contribution in [0.25, 0.3) is 0 Å². The lowest BCUT2D eigenvalue weighted by Gasteiger charge is -1.96. The fourth-order valence-corrected chi connectivity index (χ4v) is 1.84. The first-order chi connectivity index (χ1) is 9.90. The monoisotopic (exact) mass is 270 g/mol. The van der Waals surface area contributed by atoms with Crippen molar-refractivity contribution in [3.8, 4) is 0 Å². The molecule has 0 amide bonds. The molecule has 6 heteroatoms. The number of nitrogens with one attached hydrogen (secondary N) is 1. The van der Waals surface area contributed by atoms with Crippen molar-refractivity contribution >= 4 is 0 Å². The average Bonchev–Trinajstić information content (AvgIpc) is 3.12. The predicted molar refractivity (Wildman–Crippen MR) is 70.6 cm³/mol. The standard InChI is InChI=1S/C14H14N4O2/c1-2-4-11(5-3-1)8-13-16-14(20-18-13)10-15-9-12-6-7-19-17-12/h1-7,15H,8-10H2. The smallest absolute Gasteiger partial charge is 0.240 e. The molecule has 0 aliphatic heterocycles. The lowest BCUT2D eigenvalue weighted by molar-refractivity contribution is 0.361. The molecule has 1 aromatic carbocycles. The van der Waals surface area contributed by atoms with E-state index >= 15 is 0 Å². The normalized spacial score (nSPS) is 10.8. The molecule has 0 spiro atoms. The van der Waals surface area contributed by atoms with Crippen LogP contribution in [0.4, 0.5) is 0 Å². The maximum atomic E-state index is 5.19. The van der Waals surface area contributed by atoms with Gasteiger partial charge < -0.3 is 14.4 Å². The second kappa shape index (κ2) is 6.12. The Hall–Kier alpha value is -2.47. The molecule has 0 fully saturated rings. The van der Waals surface area contributed by atoms with Gasteiger partial charge in [0.15, 0.2) is 5.82 Å². The molecule has 0 unspecified atom stereocenters. The van der Waals surface area contributed by atoms with E-state index in [1.807, 2.05) is 36.4 Å².